The first-order chi connectivity index (χ1) is 8.72. The lowest BCUT2D eigenvalue weighted by atomic mass is 10.2. The standard InChI is InChI=1S/C13H21ClN2O2/c1-4-5-10(14)8-15-9-11-13(18-3)12(17-2)6-7-16-11/h6-7,10,15H,4-5,8-9H2,1-3H3. The van der Waals surface area contributed by atoms with Crippen molar-refractivity contribution in [3.8, 4) is 11.5 Å². The fraction of sp³-hybridized carbons (Fsp3) is 0.615. The van der Waals surface area contributed by atoms with Crippen LogP contribution in [0.3, 0.4) is 0 Å². The van der Waals surface area contributed by atoms with Gasteiger partial charge in [0, 0.05) is 30.7 Å². The van der Waals surface area contributed by atoms with E-state index in [1.165, 1.54) is 0 Å². The van der Waals surface area contributed by atoms with E-state index in [9.17, 15) is 0 Å². The third kappa shape index (κ3) is 4.35. The van der Waals surface area contributed by atoms with Gasteiger partial charge in [-0.1, -0.05) is 13.3 Å². The van der Waals surface area contributed by atoms with E-state index in [1.807, 2.05) is 0 Å². The molecule has 0 aliphatic heterocycles. The van der Waals surface area contributed by atoms with Crippen LogP contribution >= 0.6 is 11.6 Å². The molecule has 0 fully saturated rings. The van der Waals surface area contributed by atoms with Crippen LogP contribution in [-0.4, -0.2) is 31.1 Å². The number of aromatic nitrogens is 1. The van der Waals surface area contributed by atoms with Crippen LogP contribution in [0.1, 0.15) is 25.5 Å². The van der Waals surface area contributed by atoms with Gasteiger partial charge in [0.15, 0.2) is 11.5 Å². The maximum absolute atomic E-state index is 6.14. The van der Waals surface area contributed by atoms with Crippen molar-refractivity contribution in [1.29, 1.82) is 0 Å². The number of rotatable bonds is 8. The molecule has 0 saturated heterocycles. The highest BCUT2D eigenvalue weighted by Crippen LogP contribution is 2.28. The molecule has 1 aromatic heterocycles. The lowest BCUT2D eigenvalue weighted by Crippen LogP contribution is -2.23. The Balaban J connectivity index is 2.56. The van der Waals surface area contributed by atoms with Crippen LogP contribution < -0.4 is 14.8 Å². The van der Waals surface area contributed by atoms with Crippen LogP contribution in [0, 0.1) is 0 Å². The number of alkyl halides is 1. The van der Waals surface area contributed by atoms with E-state index < -0.39 is 0 Å². The number of nitrogens with one attached hydrogen (secondary N) is 1. The first-order valence-electron chi connectivity index (χ1n) is 6.13. The minimum absolute atomic E-state index is 0.159. The largest absolute Gasteiger partial charge is 0.493 e. The van der Waals surface area contributed by atoms with E-state index >= 15 is 0 Å². The van der Waals surface area contributed by atoms with Gasteiger partial charge >= 0.3 is 0 Å². The molecule has 1 atom stereocenters. The van der Waals surface area contributed by atoms with Crippen molar-refractivity contribution >= 4 is 11.6 Å². The summed E-state index contributed by atoms with van der Waals surface area (Å²) in [5.41, 5.74) is 0.831. The van der Waals surface area contributed by atoms with E-state index in [-0.39, 0.29) is 5.38 Å². The zero-order valence-corrected chi connectivity index (χ0v) is 12.0. The van der Waals surface area contributed by atoms with Crippen molar-refractivity contribution in [3.63, 3.8) is 0 Å². The number of hydrogen-bond acceptors (Lipinski definition) is 4. The molecule has 1 aromatic rings. The molecule has 0 spiro atoms. The minimum Gasteiger partial charge on any atom is -0.493 e. The van der Waals surface area contributed by atoms with Gasteiger partial charge in [0.05, 0.1) is 19.9 Å². The second-order valence-corrected chi connectivity index (χ2v) is 4.63. The predicted octanol–water partition coefficient (Wildman–Crippen LogP) is 2.60. The lowest BCUT2D eigenvalue weighted by Gasteiger charge is -2.13. The van der Waals surface area contributed by atoms with Crippen molar-refractivity contribution in [3.05, 3.63) is 18.0 Å². The van der Waals surface area contributed by atoms with Crippen molar-refractivity contribution < 1.29 is 9.47 Å². The van der Waals surface area contributed by atoms with Crippen molar-refractivity contribution in [2.24, 2.45) is 0 Å². The van der Waals surface area contributed by atoms with Crippen molar-refractivity contribution in [2.75, 3.05) is 20.8 Å². The third-order valence-electron chi connectivity index (χ3n) is 2.63. The number of ether oxygens (including phenoxy) is 2. The zero-order chi connectivity index (χ0) is 13.4. The summed E-state index contributed by atoms with van der Waals surface area (Å²) in [6.45, 7) is 3.51. The van der Waals surface area contributed by atoms with E-state index in [0.717, 1.165) is 25.1 Å². The molecule has 1 rings (SSSR count). The van der Waals surface area contributed by atoms with Gasteiger partial charge in [-0.3, -0.25) is 4.98 Å². The Kier molecular flexibility index (Phi) is 6.83. The van der Waals surface area contributed by atoms with Crippen LogP contribution in [0.2, 0.25) is 0 Å². The third-order valence-corrected chi connectivity index (χ3v) is 3.00. The summed E-state index contributed by atoms with van der Waals surface area (Å²) >= 11 is 6.14. The number of methoxy groups -OCH3 is 2. The molecule has 0 amide bonds. The molecule has 0 saturated carbocycles. The molecule has 0 bridgehead atoms. The Morgan fingerprint density at radius 2 is 2.17 bits per heavy atom. The van der Waals surface area contributed by atoms with E-state index in [0.29, 0.717) is 18.0 Å². The Bertz CT molecular complexity index is 361. The van der Waals surface area contributed by atoms with Gasteiger partial charge < -0.3 is 14.8 Å². The molecule has 102 valence electrons. The van der Waals surface area contributed by atoms with Gasteiger partial charge in [-0.05, 0) is 6.42 Å². The topological polar surface area (TPSA) is 43.4 Å². The molecule has 0 aromatic carbocycles. The SMILES string of the molecule is CCCC(Cl)CNCc1nccc(OC)c1OC. The van der Waals surface area contributed by atoms with E-state index in [1.54, 1.807) is 26.5 Å². The highest BCUT2D eigenvalue weighted by Gasteiger charge is 2.11. The lowest BCUT2D eigenvalue weighted by molar-refractivity contribution is 0.348. The Morgan fingerprint density at radius 1 is 1.39 bits per heavy atom. The molecular weight excluding hydrogens is 252 g/mol. The quantitative estimate of drug-likeness (QED) is 0.739. The highest BCUT2D eigenvalue weighted by atomic mass is 35.5. The fourth-order valence-corrected chi connectivity index (χ4v) is 2.07. The molecule has 1 heterocycles. The monoisotopic (exact) mass is 272 g/mol. The van der Waals surface area contributed by atoms with E-state index in [4.69, 9.17) is 21.1 Å². The number of hydrogen-bond donors (Lipinski definition) is 1. The van der Waals surface area contributed by atoms with Gasteiger partial charge in [-0.25, -0.2) is 0 Å². The number of pyridine rings is 1. The second-order valence-electron chi connectivity index (χ2n) is 4.01. The molecule has 0 radical (unpaired) electrons. The first kappa shape index (κ1) is 15.1. The van der Waals surface area contributed by atoms with Gasteiger partial charge in [0.2, 0.25) is 0 Å². The summed E-state index contributed by atoms with van der Waals surface area (Å²) in [6.07, 6.45) is 3.82. The van der Waals surface area contributed by atoms with Crippen molar-refractivity contribution in [2.45, 2.75) is 31.7 Å². The number of nitrogens with zero attached hydrogens (tertiary/aromatic N) is 1. The fourth-order valence-electron chi connectivity index (χ4n) is 1.74. The van der Waals surface area contributed by atoms with Crippen LogP contribution in [0.5, 0.6) is 11.5 Å². The predicted molar refractivity (Wildman–Crippen MR) is 73.6 cm³/mol. The van der Waals surface area contributed by atoms with Gasteiger partial charge in [0.25, 0.3) is 0 Å². The molecule has 0 aliphatic rings. The van der Waals surface area contributed by atoms with E-state index in [2.05, 4.69) is 17.2 Å². The summed E-state index contributed by atoms with van der Waals surface area (Å²) in [5, 5.41) is 3.44. The summed E-state index contributed by atoms with van der Waals surface area (Å²) in [4.78, 5) is 4.29. The summed E-state index contributed by atoms with van der Waals surface area (Å²) in [7, 11) is 3.23. The van der Waals surface area contributed by atoms with Crippen LogP contribution in [-0.2, 0) is 6.54 Å². The molecule has 18 heavy (non-hydrogen) atoms. The molecular formula is C13H21ClN2O2. The molecule has 1 N–H and O–H groups in total. The first-order valence-corrected chi connectivity index (χ1v) is 6.57. The summed E-state index contributed by atoms with van der Waals surface area (Å²) < 4.78 is 10.5. The summed E-state index contributed by atoms with van der Waals surface area (Å²) in [6, 6.07) is 1.78. The van der Waals surface area contributed by atoms with Crippen LogP contribution in [0.15, 0.2) is 12.3 Å². The maximum atomic E-state index is 6.14. The molecule has 5 heteroatoms. The summed E-state index contributed by atoms with van der Waals surface area (Å²) in [5.74, 6) is 1.37. The molecule has 4 nitrogen and oxygen atoms in total. The maximum Gasteiger partial charge on any atom is 0.183 e. The zero-order valence-electron chi connectivity index (χ0n) is 11.2. The second kappa shape index (κ2) is 8.16. The average Bonchev–Trinajstić information content (AvgIpc) is 2.38. The van der Waals surface area contributed by atoms with Crippen molar-refractivity contribution in [1.82, 2.24) is 10.3 Å². The highest BCUT2D eigenvalue weighted by molar-refractivity contribution is 6.20. The van der Waals surface area contributed by atoms with Gasteiger partial charge in [-0.2, -0.15) is 0 Å². The Labute approximate surface area is 114 Å². The Morgan fingerprint density at radius 3 is 2.78 bits per heavy atom. The number of halogens is 1. The average molecular weight is 273 g/mol. The van der Waals surface area contributed by atoms with Crippen LogP contribution in [0.25, 0.3) is 0 Å². The minimum atomic E-state index is 0.159. The van der Waals surface area contributed by atoms with Gasteiger partial charge in [-0.15, -0.1) is 11.6 Å². The van der Waals surface area contributed by atoms with Crippen LogP contribution in [0.4, 0.5) is 0 Å². The molecule has 0 aliphatic carbocycles. The normalized spacial score (nSPS) is 12.2. The van der Waals surface area contributed by atoms with Gasteiger partial charge in [0.1, 0.15) is 0 Å². The molecule has 1 unspecified atom stereocenters. The smallest absolute Gasteiger partial charge is 0.183 e. The Hall–Kier alpha value is -1.00.